The zero-order valence-corrected chi connectivity index (χ0v) is 21.4. The maximum atomic E-state index is 13.3. The molecular formula is C28H28F3N7O. The van der Waals surface area contributed by atoms with Crippen LogP contribution in [0.25, 0.3) is 0 Å². The van der Waals surface area contributed by atoms with Gasteiger partial charge in [0, 0.05) is 62.7 Å². The van der Waals surface area contributed by atoms with E-state index in [2.05, 4.69) is 35.3 Å². The summed E-state index contributed by atoms with van der Waals surface area (Å²) >= 11 is 0. The predicted octanol–water partition coefficient (Wildman–Crippen LogP) is 5.02. The molecule has 0 unspecified atom stereocenters. The van der Waals surface area contributed by atoms with Crippen LogP contribution in [0.5, 0.6) is 0 Å². The van der Waals surface area contributed by atoms with Crippen LogP contribution in [-0.2, 0) is 19.1 Å². The van der Waals surface area contributed by atoms with Crippen LogP contribution in [0.1, 0.15) is 32.7 Å². The highest BCUT2D eigenvalue weighted by molar-refractivity contribution is 5.99. The Balaban J connectivity index is 1.14. The average molecular weight is 536 g/mol. The van der Waals surface area contributed by atoms with Crippen molar-refractivity contribution in [3.63, 3.8) is 0 Å². The molecular weight excluding hydrogens is 507 g/mol. The van der Waals surface area contributed by atoms with Gasteiger partial charge in [0.05, 0.1) is 5.56 Å². The minimum Gasteiger partial charge on any atom is -0.338 e. The van der Waals surface area contributed by atoms with E-state index in [4.69, 9.17) is 0 Å². The summed E-state index contributed by atoms with van der Waals surface area (Å²) in [5.74, 6) is 1.48. The van der Waals surface area contributed by atoms with Gasteiger partial charge in [0.15, 0.2) is 11.6 Å². The van der Waals surface area contributed by atoms with Crippen LogP contribution in [0.15, 0.2) is 66.9 Å². The third kappa shape index (κ3) is 6.61. The van der Waals surface area contributed by atoms with Crippen LogP contribution >= 0.6 is 0 Å². The molecule has 2 aromatic carbocycles. The van der Waals surface area contributed by atoms with Crippen molar-refractivity contribution >= 4 is 23.4 Å². The Morgan fingerprint density at radius 2 is 1.69 bits per heavy atom. The monoisotopic (exact) mass is 535 g/mol. The first-order chi connectivity index (χ1) is 18.7. The maximum absolute atomic E-state index is 13.3. The molecule has 5 rings (SSSR count). The fraction of sp³-hybridized carbons (Fsp3) is 0.286. The lowest BCUT2D eigenvalue weighted by Crippen LogP contribution is -2.46. The smallest absolute Gasteiger partial charge is 0.338 e. The number of carbonyl (C=O) groups excluding carboxylic acids is 1. The van der Waals surface area contributed by atoms with E-state index in [1.807, 2.05) is 37.3 Å². The van der Waals surface area contributed by atoms with Gasteiger partial charge in [-0.3, -0.25) is 14.8 Å². The molecule has 0 saturated carbocycles. The molecule has 11 heteroatoms. The summed E-state index contributed by atoms with van der Waals surface area (Å²) in [7, 11) is 0. The van der Waals surface area contributed by atoms with Gasteiger partial charge in [-0.2, -0.15) is 23.3 Å². The molecule has 39 heavy (non-hydrogen) atoms. The quantitative estimate of drug-likeness (QED) is 0.306. The topological polar surface area (TPSA) is 90.0 Å². The van der Waals surface area contributed by atoms with Crippen molar-refractivity contribution in [2.45, 2.75) is 26.1 Å². The molecule has 2 N–H and O–H groups in total. The van der Waals surface area contributed by atoms with Crippen LogP contribution in [-0.4, -0.2) is 57.0 Å². The van der Waals surface area contributed by atoms with Crippen molar-refractivity contribution in [3.05, 3.63) is 94.8 Å². The molecule has 1 aliphatic heterocycles. The Morgan fingerprint density at radius 3 is 2.38 bits per heavy atom. The number of aromatic amines is 1. The van der Waals surface area contributed by atoms with E-state index in [1.54, 1.807) is 12.3 Å². The van der Waals surface area contributed by atoms with Gasteiger partial charge in [0.25, 0.3) is 0 Å². The number of aromatic nitrogens is 4. The van der Waals surface area contributed by atoms with Gasteiger partial charge < -0.3 is 10.2 Å². The van der Waals surface area contributed by atoms with E-state index in [0.29, 0.717) is 23.1 Å². The van der Waals surface area contributed by atoms with Crippen molar-refractivity contribution in [1.82, 2.24) is 25.1 Å². The van der Waals surface area contributed by atoms with Gasteiger partial charge in [0.2, 0.25) is 5.95 Å². The van der Waals surface area contributed by atoms with E-state index in [1.165, 1.54) is 18.2 Å². The normalized spacial score (nSPS) is 14.4. The lowest BCUT2D eigenvalue weighted by molar-refractivity contribution is -0.137. The number of Topliss-reactive ketones (excluding diaryl/α,β-unsaturated/α-hetero) is 1. The molecule has 3 heterocycles. The molecule has 0 spiro atoms. The summed E-state index contributed by atoms with van der Waals surface area (Å²) < 4.78 is 39.8. The molecule has 0 amide bonds. The zero-order valence-electron chi connectivity index (χ0n) is 21.4. The van der Waals surface area contributed by atoms with E-state index in [9.17, 15) is 18.0 Å². The minimum atomic E-state index is -4.56. The SMILES string of the molecule is Cc1cc(Nc2ccnc(N3CCN(Cc4ccc(CC(=O)c5ccccc5C(F)(F)F)cc4)CC3)n2)n[nH]1. The van der Waals surface area contributed by atoms with Gasteiger partial charge in [-0.15, -0.1) is 0 Å². The number of benzene rings is 2. The zero-order chi connectivity index (χ0) is 27.4. The van der Waals surface area contributed by atoms with Crippen molar-refractivity contribution in [2.75, 3.05) is 36.4 Å². The van der Waals surface area contributed by atoms with Crippen molar-refractivity contribution in [3.8, 4) is 0 Å². The molecule has 202 valence electrons. The molecule has 2 aromatic heterocycles. The predicted molar refractivity (Wildman–Crippen MR) is 142 cm³/mol. The average Bonchev–Trinajstić information content (AvgIpc) is 3.34. The van der Waals surface area contributed by atoms with Crippen LogP contribution in [0.3, 0.4) is 0 Å². The lowest BCUT2D eigenvalue weighted by Gasteiger charge is -2.34. The third-order valence-corrected chi connectivity index (χ3v) is 6.59. The first-order valence-corrected chi connectivity index (χ1v) is 12.6. The van der Waals surface area contributed by atoms with E-state index in [-0.39, 0.29) is 12.0 Å². The van der Waals surface area contributed by atoms with Gasteiger partial charge in [-0.25, -0.2) is 4.98 Å². The standard InChI is InChI=1S/C28H28F3N7O/c1-19-16-26(36-35-19)33-25-10-11-32-27(34-25)38-14-12-37(13-15-38)18-21-8-6-20(7-9-21)17-24(39)22-4-2-3-5-23(22)28(29,30)31/h2-11,16H,12-15,17-18H2,1H3,(H2,32,33,34,35,36). The van der Waals surface area contributed by atoms with Gasteiger partial charge in [-0.1, -0.05) is 42.5 Å². The fourth-order valence-corrected chi connectivity index (χ4v) is 4.56. The molecule has 8 nitrogen and oxygen atoms in total. The van der Waals surface area contributed by atoms with Crippen LogP contribution in [0.4, 0.5) is 30.8 Å². The maximum Gasteiger partial charge on any atom is 0.417 e. The van der Waals surface area contributed by atoms with Crippen molar-refractivity contribution < 1.29 is 18.0 Å². The summed E-state index contributed by atoms with van der Waals surface area (Å²) in [4.78, 5) is 26.1. The largest absolute Gasteiger partial charge is 0.417 e. The van der Waals surface area contributed by atoms with E-state index in [0.717, 1.165) is 50.0 Å². The van der Waals surface area contributed by atoms with Gasteiger partial charge >= 0.3 is 6.18 Å². The number of hydrogen-bond donors (Lipinski definition) is 2. The van der Waals surface area contributed by atoms with E-state index >= 15 is 0 Å². The number of halogens is 3. The lowest BCUT2D eigenvalue weighted by atomic mass is 9.97. The second-order valence-electron chi connectivity index (χ2n) is 9.53. The Labute approximate surface area is 223 Å². The number of hydrogen-bond acceptors (Lipinski definition) is 7. The highest BCUT2D eigenvalue weighted by Crippen LogP contribution is 2.32. The molecule has 0 aliphatic carbocycles. The fourth-order valence-electron chi connectivity index (χ4n) is 4.56. The summed E-state index contributed by atoms with van der Waals surface area (Å²) in [6.07, 6.45) is -2.92. The summed E-state index contributed by atoms with van der Waals surface area (Å²) in [6.45, 7) is 5.87. The van der Waals surface area contributed by atoms with Crippen LogP contribution in [0, 0.1) is 6.92 Å². The second kappa shape index (κ2) is 11.2. The molecule has 1 saturated heterocycles. The van der Waals surface area contributed by atoms with Gasteiger partial charge in [-0.05, 0) is 30.2 Å². The Morgan fingerprint density at radius 1 is 0.974 bits per heavy atom. The molecule has 1 aliphatic rings. The Bertz CT molecular complexity index is 1430. The molecule has 4 aromatic rings. The summed E-state index contributed by atoms with van der Waals surface area (Å²) in [6, 6.07) is 16.1. The van der Waals surface area contributed by atoms with Crippen molar-refractivity contribution in [2.24, 2.45) is 0 Å². The first-order valence-electron chi connectivity index (χ1n) is 12.6. The van der Waals surface area contributed by atoms with Crippen LogP contribution < -0.4 is 10.2 Å². The third-order valence-electron chi connectivity index (χ3n) is 6.59. The number of H-pyrrole nitrogens is 1. The number of nitrogens with zero attached hydrogens (tertiary/aromatic N) is 5. The first kappa shape index (κ1) is 26.4. The molecule has 0 bridgehead atoms. The molecule has 0 atom stereocenters. The molecule has 1 fully saturated rings. The Kier molecular flexibility index (Phi) is 7.60. The highest BCUT2D eigenvalue weighted by Gasteiger charge is 2.34. The van der Waals surface area contributed by atoms with Crippen molar-refractivity contribution in [1.29, 1.82) is 0 Å². The number of alkyl halides is 3. The number of carbonyl (C=O) groups is 1. The number of aryl methyl sites for hydroxylation is 1. The number of ketones is 1. The number of nitrogens with one attached hydrogen (secondary N) is 2. The highest BCUT2D eigenvalue weighted by atomic mass is 19.4. The minimum absolute atomic E-state index is 0.0836. The molecule has 0 radical (unpaired) electrons. The number of rotatable bonds is 8. The number of piperazine rings is 1. The second-order valence-corrected chi connectivity index (χ2v) is 9.53. The summed E-state index contributed by atoms with van der Waals surface area (Å²) in [5.41, 5.74) is 1.52. The Hall–Kier alpha value is -4.25. The van der Waals surface area contributed by atoms with E-state index < -0.39 is 17.5 Å². The van der Waals surface area contributed by atoms with Gasteiger partial charge in [0.1, 0.15) is 5.82 Å². The number of anilines is 3. The van der Waals surface area contributed by atoms with Crippen LogP contribution in [0.2, 0.25) is 0 Å². The summed E-state index contributed by atoms with van der Waals surface area (Å²) in [5, 5.41) is 10.2.